The van der Waals surface area contributed by atoms with Gasteiger partial charge in [-0.25, -0.2) is 0 Å². The van der Waals surface area contributed by atoms with Gasteiger partial charge in [-0.1, -0.05) is 25.7 Å². The van der Waals surface area contributed by atoms with Crippen molar-refractivity contribution in [3.63, 3.8) is 0 Å². The Morgan fingerprint density at radius 3 is 2.60 bits per heavy atom. The van der Waals surface area contributed by atoms with Gasteiger partial charge in [0, 0.05) is 12.6 Å². The summed E-state index contributed by atoms with van der Waals surface area (Å²) in [6, 6.07) is 6.51. The first kappa shape index (κ1) is 14.3. The second-order valence-electron chi connectivity index (χ2n) is 5.34. The fraction of sp³-hybridized carbons (Fsp3) is 0.533. The molecule has 0 saturated heterocycles. The summed E-state index contributed by atoms with van der Waals surface area (Å²) in [6.45, 7) is 0.771. The van der Waals surface area contributed by atoms with Crippen LogP contribution in [0.2, 0.25) is 0 Å². The number of nitriles is 1. The molecule has 0 heterocycles. The number of rotatable bonds is 4. The predicted octanol–water partition coefficient (Wildman–Crippen LogP) is 3.85. The van der Waals surface area contributed by atoms with Gasteiger partial charge < -0.3 is 5.32 Å². The Kier molecular flexibility index (Phi) is 4.94. The van der Waals surface area contributed by atoms with E-state index in [9.17, 15) is 10.1 Å². The average molecular weight is 273 g/mol. The van der Waals surface area contributed by atoms with Crippen molar-refractivity contribution < 1.29 is 4.92 Å². The van der Waals surface area contributed by atoms with Crippen molar-refractivity contribution in [3.8, 4) is 6.07 Å². The van der Waals surface area contributed by atoms with Gasteiger partial charge in [-0.2, -0.15) is 5.26 Å². The van der Waals surface area contributed by atoms with Crippen LogP contribution in [0.15, 0.2) is 18.2 Å². The summed E-state index contributed by atoms with van der Waals surface area (Å²) in [5, 5.41) is 23.1. The van der Waals surface area contributed by atoms with Crippen LogP contribution in [-0.2, 0) is 0 Å². The molecule has 0 bridgehead atoms. The van der Waals surface area contributed by atoms with Crippen LogP contribution < -0.4 is 5.32 Å². The number of nitro groups is 1. The molecule has 0 radical (unpaired) electrons. The van der Waals surface area contributed by atoms with Gasteiger partial charge in [0.2, 0.25) is 0 Å². The fourth-order valence-corrected chi connectivity index (χ4v) is 2.72. The zero-order valence-corrected chi connectivity index (χ0v) is 11.5. The van der Waals surface area contributed by atoms with Gasteiger partial charge in [0.1, 0.15) is 5.69 Å². The van der Waals surface area contributed by atoms with E-state index in [0.717, 1.165) is 6.54 Å². The summed E-state index contributed by atoms with van der Waals surface area (Å²) in [6.07, 6.45) is 7.48. The van der Waals surface area contributed by atoms with E-state index in [-0.39, 0.29) is 5.69 Å². The maximum atomic E-state index is 11.1. The second-order valence-corrected chi connectivity index (χ2v) is 5.34. The quantitative estimate of drug-likeness (QED) is 0.513. The number of hydrogen-bond acceptors (Lipinski definition) is 4. The van der Waals surface area contributed by atoms with Crippen molar-refractivity contribution in [2.75, 3.05) is 11.9 Å². The third kappa shape index (κ3) is 3.70. The van der Waals surface area contributed by atoms with Crippen LogP contribution in [0.3, 0.4) is 0 Å². The molecule has 5 heteroatoms. The molecule has 0 aliphatic heterocycles. The summed E-state index contributed by atoms with van der Waals surface area (Å²) >= 11 is 0. The Bertz CT molecular complexity index is 514. The highest BCUT2D eigenvalue weighted by Crippen LogP contribution is 2.28. The lowest BCUT2D eigenvalue weighted by atomic mass is 10.0. The number of hydrogen-bond donors (Lipinski definition) is 1. The predicted molar refractivity (Wildman–Crippen MR) is 77.5 cm³/mol. The normalized spacial score (nSPS) is 16.1. The largest absolute Gasteiger partial charge is 0.379 e. The molecule has 1 N–H and O–H groups in total. The van der Waals surface area contributed by atoms with Crippen molar-refractivity contribution in [1.82, 2.24) is 0 Å². The Morgan fingerprint density at radius 1 is 1.30 bits per heavy atom. The molecule has 1 aliphatic carbocycles. The number of nitrogens with one attached hydrogen (secondary N) is 1. The second kappa shape index (κ2) is 6.90. The Morgan fingerprint density at radius 2 is 2.00 bits per heavy atom. The lowest BCUT2D eigenvalue weighted by Gasteiger charge is -2.15. The van der Waals surface area contributed by atoms with Gasteiger partial charge in [0.05, 0.1) is 16.6 Å². The minimum absolute atomic E-state index is 0.0160. The summed E-state index contributed by atoms with van der Waals surface area (Å²) in [5.74, 6) is 0.591. The van der Waals surface area contributed by atoms with E-state index in [1.54, 1.807) is 12.1 Å². The summed E-state index contributed by atoms with van der Waals surface area (Å²) in [4.78, 5) is 10.6. The van der Waals surface area contributed by atoms with E-state index in [2.05, 4.69) is 5.32 Å². The maximum absolute atomic E-state index is 11.1. The third-order valence-corrected chi connectivity index (χ3v) is 3.88. The van der Waals surface area contributed by atoms with E-state index >= 15 is 0 Å². The smallest absolute Gasteiger partial charge is 0.293 e. The maximum Gasteiger partial charge on any atom is 0.293 e. The van der Waals surface area contributed by atoms with Crippen molar-refractivity contribution in [1.29, 1.82) is 5.26 Å². The van der Waals surface area contributed by atoms with Crippen LogP contribution in [0.1, 0.15) is 44.1 Å². The molecule has 20 heavy (non-hydrogen) atoms. The molecule has 1 saturated carbocycles. The Balaban J connectivity index is 2.05. The van der Waals surface area contributed by atoms with Gasteiger partial charge in [-0.3, -0.25) is 10.1 Å². The van der Waals surface area contributed by atoms with Gasteiger partial charge in [-0.15, -0.1) is 0 Å². The molecule has 106 valence electrons. The van der Waals surface area contributed by atoms with E-state index in [1.807, 2.05) is 6.07 Å². The standard InChI is InChI=1S/C15H19N3O2/c16-10-13-7-8-14(15(9-13)18(19)20)17-11-12-5-3-1-2-4-6-12/h7-9,12,17H,1-6,11H2. The average Bonchev–Trinajstić information content (AvgIpc) is 2.73. The molecule has 0 amide bonds. The first-order chi connectivity index (χ1) is 9.70. The van der Waals surface area contributed by atoms with Gasteiger partial charge in [0.15, 0.2) is 0 Å². The fourth-order valence-electron chi connectivity index (χ4n) is 2.72. The van der Waals surface area contributed by atoms with E-state index in [1.165, 1.54) is 44.6 Å². The third-order valence-electron chi connectivity index (χ3n) is 3.88. The van der Waals surface area contributed by atoms with Crippen molar-refractivity contribution in [2.24, 2.45) is 5.92 Å². The van der Waals surface area contributed by atoms with Crippen molar-refractivity contribution in [2.45, 2.75) is 38.5 Å². The summed E-state index contributed by atoms with van der Waals surface area (Å²) in [7, 11) is 0. The molecule has 1 aliphatic rings. The molecule has 2 rings (SSSR count). The molecule has 0 unspecified atom stereocenters. The highest BCUT2D eigenvalue weighted by atomic mass is 16.6. The van der Waals surface area contributed by atoms with Crippen molar-refractivity contribution in [3.05, 3.63) is 33.9 Å². The van der Waals surface area contributed by atoms with Crippen LogP contribution in [0, 0.1) is 27.4 Å². The minimum atomic E-state index is -0.434. The van der Waals surface area contributed by atoms with E-state index in [4.69, 9.17) is 5.26 Å². The van der Waals surface area contributed by atoms with E-state index < -0.39 is 4.92 Å². The van der Waals surface area contributed by atoms with Crippen LogP contribution in [0.4, 0.5) is 11.4 Å². The molecule has 1 fully saturated rings. The van der Waals surface area contributed by atoms with Crippen LogP contribution in [0.5, 0.6) is 0 Å². The Hall–Kier alpha value is -2.09. The van der Waals surface area contributed by atoms with Gasteiger partial charge in [0.25, 0.3) is 5.69 Å². The molecular weight excluding hydrogens is 254 g/mol. The molecule has 0 aromatic heterocycles. The Labute approximate surface area is 118 Å². The lowest BCUT2D eigenvalue weighted by Crippen LogP contribution is -2.14. The van der Waals surface area contributed by atoms with E-state index in [0.29, 0.717) is 17.2 Å². The van der Waals surface area contributed by atoms with Crippen LogP contribution >= 0.6 is 0 Å². The molecule has 0 atom stereocenters. The zero-order chi connectivity index (χ0) is 14.4. The summed E-state index contributed by atoms with van der Waals surface area (Å²) in [5.41, 5.74) is 0.813. The number of benzene rings is 1. The SMILES string of the molecule is N#Cc1ccc(NCC2CCCCCC2)c([N+](=O)[O-])c1. The van der Waals surface area contributed by atoms with Gasteiger partial charge in [-0.05, 0) is 30.9 Å². The minimum Gasteiger partial charge on any atom is -0.379 e. The highest BCUT2D eigenvalue weighted by Gasteiger charge is 2.17. The first-order valence-corrected chi connectivity index (χ1v) is 7.13. The number of nitro benzene ring substituents is 1. The molecule has 1 aromatic rings. The monoisotopic (exact) mass is 273 g/mol. The first-order valence-electron chi connectivity index (χ1n) is 7.13. The molecule has 1 aromatic carbocycles. The topological polar surface area (TPSA) is 79.0 Å². The summed E-state index contributed by atoms with van der Waals surface area (Å²) < 4.78 is 0. The highest BCUT2D eigenvalue weighted by molar-refractivity contribution is 5.64. The van der Waals surface area contributed by atoms with Crippen LogP contribution in [-0.4, -0.2) is 11.5 Å². The number of anilines is 1. The zero-order valence-electron chi connectivity index (χ0n) is 11.5. The molecular formula is C15H19N3O2. The van der Waals surface area contributed by atoms with Crippen LogP contribution in [0.25, 0.3) is 0 Å². The lowest BCUT2D eigenvalue weighted by molar-refractivity contribution is -0.384. The van der Waals surface area contributed by atoms with Gasteiger partial charge >= 0.3 is 0 Å². The molecule has 0 spiro atoms. The number of nitrogens with zero attached hydrogens (tertiary/aromatic N) is 2. The van der Waals surface area contributed by atoms with Crippen molar-refractivity contribution >= 4 is 11.4 Å². The molecule has 5 nitrogen and oxygen atoms in total.